The Morgan fingerprint density at radius 2 is 2.00 bits per heavy atom. The van der Waals surface area contributed by atoms with Gasteiger partial charge in [-0.25, -0.2) is 4.39 Å². The Morgan fingerprint density at radius 1 is 1.17 bits per heavy atom. The lowest BCUT2D eigenvalue weighted by Gasteiger charge is -2.39. The first-order valence-electron chi connectivity index (χ1n) is 10.00. The zero-order valence-electron chi connectivity index (χ0n) is 17.0. The molecule has 2 amide bonds. The molecule has 0 bridgehead atoms. The molecule has 0 fully saturated rings. The number of furan rings is 1. The second kappa shape index (κ2) is 8.18. The molecule has 1 aromatic carbocycles. The normalized spacial score (nSPS) is 15.9. The van der Waals surface area contributed by atoms with Crippen LogP contribution in [0.3, 0.4) is 0 Å². The van der Waals surface area contributed by atoms with E-state index in [0.29, 0.717) is 18.7 Å². The second-order valence-electron chi connectivity index (χ2n) is 7.68. The van der Waals surface area contributed by atoms with Crippen molar-refractivity contribution in [2.75, 3.05) is 13.1 Å². The number of fused-ring (bicyclic) bond motifs is 1. The highest BCUT2D eigenvalue weighted by molar-refractivity contribution is 5.94. The number of hydrogen-bond donors (Lipinski definition) is 0. The number of rotatable bonds is 5. The molecule has 0 saturated heterocycles. The molecule has 1 aliphatic rings. The van der Waals surface area contributed by atoms with Crippen LogP contribution in [-0.2, 0) is 11.3 Å². The Balaban J connectivity index is 1.64. The van der Waals surface area contributed by atoms with Gasteiger partial charge in [0.15, 0.2) is 5.76 Å². The molecule has 4 rings (SSSR count). The Labute approximate surface area is 174 Å². The quantitative estimate of drug-likeness (QED) is 0.646. The zero-order valence-corrected chi connectivity index (χ0v) is 17.0. The first-order valence-corrected chi connectivity index (χ1v) is 10.00. The maximum absolute atomic E-state index is 14.0. The van der Waals surface area contributed by atoms with Crippen molar-refractivity contribution in [1.29, 1.82) is 0 Å². The van der Waals surface area contributed by atoms with Gasteiger partial charge in [-0.15, -0.1) is 0 Å². The average Bonchev–Trinajstić information content (AvgIpc) is 3.42. The summed E-state index contributed by atoms with van der Waals surface area (Å²) in [4.78, 5) is 29.4. The fraction of sp³-hybridized carbons (Fsp3) is 0.304. The van der Waals surface area contributed by atoms with Crippen LogP contribution in [0.4, 0.5) is 4.39 Å². The first-order chi connectivity index (χ1) is 14.5. The highest BCUT2D eigenvalue weighted by Crippen LogP contribution is 2.33. The minimum Gasteiger partial charge on any atom is -0.459 e. The molecule has 7 heteroatoms. The minimum atomic E-state index is -0.412. The van der Waals surface area contributed by atoms with Crippen molar-refractivity contribution < 1.29 is 18.4 Å². The molecule has 0 aliphatic carbocycles. The third kappa shape index (κ3) is 3.75. The topological polar surface area (TPSA) is 58.7 Å². The summed E-state index contributed by atoms with van der Waals surface area (Å²) in [5.74, 6) is -0.664. The largest absolute Gasteiger partial charge is 0.459 e. The van der Waals surface area contributed by atoms with E-state index in [1.165, 1.54) is 23.3 Å². The lowest BCUT2D eigenvalue weighted by molar-refractivity contribution is -0.135. The summed E-state index contributed by atoms with van der Waals surface area (Å²) < 4.78 is 21.3. The van der Waals surface area contributed by atoms with Crippen molar-refractivity contribution in [1.82, 2.24) is 14.4 Å². The number of carbonyl (C=O) groups is 2. The Bertz CT molecular complexity index is 1040. The van der Waals surface area contributed by atoms with Crippen molar-refractivity contribution in [3.63, 3.8) is 0 Å². The van der Waals surface area contributed by atoms with Crippen LogP contribution in [-0.4, -0.2) is 45.3 Å². The van der Waals surface area contributed by atoms with Gasteiger partial charge in [-0.2, -0.15) is 0 Å². The van der Waals surface area contributed by atoms with E-state index in [0.717, 1.165) is 5.69 Å². The molecule has 0 saturated carbocycles. The predicted octanol–water partition coefficient (Wildman–Crippen LogP) is 3.70. The predicted molar refractivity (Wildman–Crippen MR) is 109 cm³/mol. The molecule has 30 heavy (non-hydrogen) atoms. The number of carbonyl (C=O) groups excluding carboxylic acids is 2. The summed E-state index contributed by atoms with van der Waals surface area (Å²) in [6, 6.07) is 12.8. The Hall–Kier alpha value is -3.35. The van der Waals surface area contributed by atoms with Gasteiger partial charge in [0, 0.05) is 31.0 Å². The summed E-state index contributed by atoms with van der Waals surface area (Å²) in [7, 11) is 0. The molecule has 156 valence electrons. The average molecular weight is 409 g/mol. The van der Waals surface area contributed by atoms with Gasteiger partial charge in [0.1, 0.15) is 12.4 Å². The van der Waals surface area contributed by atoms with Crippen LogP contribution in [0.15, 0.2) is 65.4 Å². The molecule has 0 radical (unpaired) electrons. The van der Waals surface area contributed by atoms with E-state index in [4.69, 9.17) is 4.42 Å². The number of aromatic nitrogens is 1. The monoisotopic (exact) mass is 409 g/mol. The number of nitrogens with zero attached hydrogens (tertiary/aromatic N) is 3. The maximum Gasteiger partial charge on any atom is 0.290 e. The molecule has 0 spiro atoms. The number of hydrogen-bond acceptors (Lipinski definition) is 3. The minimum absolute atomic E-state index is 0.0796. The van der Waals surface area contributed by atoms with Crippen LogP contribution in [0.2, 0.25) is 0 Å². The molecule has 0 N–H and O–H groups in total. The lowest BCUT2D eigenvalue weighted by Crippen LogP contribution is -2.49. The number of halogens is 1. The van der Waals surface area contributed by atoms with E-state index in [2.05, 4.69) is 4.57 Å². The highest BCUT2D eigenvalue weighted by Gasteiger charge is 2.34. The maximum atomic E-state index is 14.0. The Morgan fingerprint density at radius 3 is 2.70 bits per heavy atom. The van der Waals surface area contributed by atoms with Gasteiger partial charge in [-0.1, -0.05) is 12.1 Å². The zero-order chi connectivity index (χ0) is 21.3. The summed E-state index contributed by atoms with van der Waals surface area (Å²) in [5, 5.41) is 0. The SMILES string of the molecule is CC(C)N(CC(=O)N1CCn2cccc2C1c1cccc(F)c1)C(=O)c1ccco1. The number of benzene rings is 1. The van der Waals surface area contributed by atoms with Crippen molar-refractivity contribution >= 4 is 11.8 Å². The van der Waals surface area contributed by atoms with Gasteiger partial charge in [0.2, 0.25) is 5.91 Å². The van der Waals surface area contributed by atoms with Crippen LogP contribution in [0.25, 0.3) is 0 Å². The molecule has 6 nitrogen and oxygen atoms in total. The lowest BCUT2D eigenvalue weighted by atomic mass is 9.99. The summed E-state index contributed by atoms with van der Waals surface area (Å²) in [6.07, 6.45) is 3.40. The van der Waals surface area contributed by atoms with Gasteiger partial charge in [-0.05, 0) is 55.8 Å². The molecule has 1 unspecified atom stereocenters. The van der Waals surface area contributed by atoms with Crippen molar-refractivity contribution in [3.8, 4) is 0 Å². The van der Waals surface area contributed by atoms with E-state index in [9.17, 15) is 14.0 Å². The van der Waals surface area contributed by atoms with E-state index < -0.39 is 6.04 Å². The summed E-state index contributed by atoms with van der Waals surface area (Å²) in [5.41, 5.74) is 1.63. The molecule has 1 atom stereocenters. The molecule has 2 aromatic heterocycles. The van der Waals surface area contributed by atoms with Crippen LogP contribution >= 0.6 is 0 Å². The van der Waals surface area contributed by atoms with Gasteiger partial charge in [0.25, 0.3) is 5.91 Å². The second-order valence-corrected chi connectivity index (χ2v) is 7.68. The van der Waals surface area contributed by atoms with Crippen molar-refractivity contribution in [3.05, 3.63) is 83.8 Å². The molecule has 3 aromatic rings. The van der Waals surface area contributed by atoms with Gasteiger partial charge in [-0.3, -0.25) is 9.59 Å². The Kier molecular flexibility index (Phi) is 5.44. The standard InChI is InChI=1S/C23H24FN3O3/c1-16(2)27(23(29)20-9-5-13-30-20)15-21(28)26-12-11-25-10-4-8-19(25)22(26)17-6-3-7-18(24)14-17/h3-10,13-14,16,22H,11-12,15H2,1-2H3. The summed E-state index contributed by atoms with van der Waals surface area (Å²) >= 11 is 0. The first kappa shape index (κ1) is 19.9. The molecule has 3 heterocycles. The van der Waals surface area contributed by atoms with Gasteiger partial charge in [0.05, 0.1) is 12.3 Å². The fourth-order valence-corrected chi connectivity index (χ4v) is 3.95. The third-order valence-electron chi connectivity index (χ3n) is 5.44. The molecule has 1 aliphatic heterocycles. The molecular weight excluding hydrogens is 385 g/mol. The molecular formula is C23H24FN3O3. The summed E-state index contributed by atoms with van der Waals surface area (Å²) in [6.45, 7) is 4.76. The van der Waals surface area contributed by atoms with Crippen molar-refractivity contribution in [2.45, 2.75) is 32.5 Å². The van der Waals surface area contributed by atoms with E-state index in [1.54, 1.807) is 23.1 Å². The van der Waals surface area contributed by atoms with Crippen molar-refractivity contribution in [2.24, 2.45) is 0 Å². The van der Waals surface area contributed by atoms with E-state index in [1.807, 2.05) is 38.2 Å². The van der Waals surface area contributed by atoms with E-state index >= 15 is 0 Å². The highest BCUT2D eigenvalue weighted by atomic mass is 19.1. The van der Waals surface area contributed by atoms with Crippen LogP contribution in [0, 0.1) is 5.82 Å². The van der Waals surface area contributed by atoms with Crippen LogP contribution < -0.4 is 0 Å². The third-order valence-corrected chi connectivity index (χ3v) is 5.44. The van der Waals surface area contributed by atoms with Gasteiger partial charge >= 0.3 is 0 Å². The smallest absolute Gasteiger partial charge is 0.290 e. The van der Waals surface area contributed by atoms with E-state index in [-0.39, 0.29) is 36.0 Å². The van der Waals surface area contributed by atoms with Crippen LogP contribution in [0.1, 0.15) is 41.7 Å². The number of amides is 2. The van der Waals surface area contributed by atoms with Crippen LogP contribution in [0.5, 0.6) is 0 Å². The van der Waals surface area contributed by atoms with Gasteiger partial charge < -0.3 is 18.8 Å². The fourth-order valence-electron chi connectivity index (χ4n) is 3.95.